The number of esters is 1. The highest BCUT2D eigenvalue weighted by molar-refractivity contribution is 9.10. The minimum Gasteiger partial charge on any atom is -0.464 e. The molecule has 1 aromatic carbocycles. The van der Waals surface area contributed by atoms with E-state index in [4.69, 9.17) is 27.9 Å². The molecule has 2 aromatic rings. The summed E-state index contributed by atoms with van der Waals surface area (Å²) < 4.78 is 5.19. The largest absolute Gasteiger partial charge is 0.464 e. The molecule has 1 fully saturated rings. The van der Waals surface area contributed by atoms with Gasteiger partial charge >= 0.3 is 5.97 Å². The molecule has 1 N–H and O–H groups in total. The number of nitrogens with zero attached hydrogens (tertiary/aromatic N) is 2. The van der Waals surface area contributed by atoms with Gasteiger partial charge in [-0.15, -0.1) is 0 Å². The Hall–Kier alpha value is -2.29. The monoisotopic (exact) mass is 553 g/mol. The normalized spacial score (nSPS) is 19.0. The third kappa shape index (κ3) is 5.45. The molecular weight excluding hydrogens is 533 g/mol. The van der Waals surface area contributed by atoms with Crippen LogP contribution in [0.15, 0.2) is 41.7 Å². The molecule has 3 rings (SSSR count). The molecule has 10 heteroatoms. The molecule has 0 bridgehead atoms. The van der Waals surface area contributed by atoms with Gasteiger partial charge in [-0.25, -0.2) is 4.79 Å². The standard InChI is InChI=1S/C23H22BrCl2N3O4/c1-4-33-22(32)16(29-19-18(24)20(30)23(19,2)3)9-12-5-7-13(8-6-12)28-21(31)17-14(25)10-27-11-15(17)26/h5-8,10-11,16,18H,4,9H2,1-3H3,(H,28,31)/t16-,18?/m0/s1. The van der Waals surface area contributed by atoms with Gasteiger partial charge in [0, 0.05) is 30.2 Å². The second-order valence-electron chi connectivity index (χ2n) is 7.97. The van der Waals surface area contributed by atoms with Crippen LogP contribution in [-0.4, -0.2) is 45.8 Å². The van der Waals surface area contributed by atoms with Gasteiger partial charge in [-0.3, -0.25) is 19.6 Å². The molecule has 1 aliphatic rings. The fourth-order valence-corrected chi connectivity index (χ4v) is 5.19. The maximum atomic E-state index is 12.5. The molecule has 0 aliphatic heterocycles. The van der Waals surface area contributed by atoms with Gasteiger partial charge in [0.05, 0.1) is 27.6 Å². The summed E-state index contributed by atoms with van der Waals surface area (Å²) in [6, 6.07) is 6.18. The van der Waals surface area contributed by atoms with Gasteiger partial charge in [-0.1, -0.05) is 51.3 Å². The maximum Gasteiger partial charge on any atom is 0.331 e. The number of hydrogen-bond donors (Lipinski definition) is 1. The number of anilines is 1. The van der Waals surface area contributed by atoms with E-state index in [-0.39, 0.29) is 34.4 Å². The number of hydrogen-bond acceptors (Lipinski definition) is 6. The predicted octanol–water partition coefficient (Wildman–Crippen LogP) is 4.93. The molecule has 2 atom stereocenters. The average Bonchev–Trinajstić information content (AvgIpc) is 2.76. The highest BCUT2D eigenvalue weighted by Crippen LogP contribution is 2.38. The lowest BCUT2D eigenvalue weighted by molar-refractivity contribution is -0.144. The lowest BCUT2D eigenvalue weighted by Crippen LogP contribution is -2.57. The number of Topliss-reactive ketones (excluding diaryl/α,β-unsaturated/α-hetero) is 1. The molecule has 1 heterocycles. The zero-order chi connectivity index (χ0) is 24.3. The van der Waals surface area contributed by atoms with Gasteiger partial charge in [0.25, 0.3) is 5.91 Å². The van der Waals surface area contributed by atoms with Crippen LogP contribution in [0, 0.1) is 5.41 Å². The first-order chi connectivity index (χ1) is 15.6. The van der Waals surface area contributed by atoms with Crippen molar-refractivity contribution in [3.63, 3.8) is 0 Å². The van der Waals surface area contributed by atoms with Crippen molar-refractivity contribution in [2.24, 2.45) is 10.4 Å². The summed E-state index contributed by atoms with van der Waals surface area (Å²) in [5, 5.41) is 3.03. The van der Waals surface area contributed by atoms with Gasteiger partial charge in [-0.2, -0.15) is 0 Å². The van der Waals surface area contributed by atoms with E-state index < -0.39 is 28.2 Å². The lowest BCUT2D eigenvalue weighted by atomic mass is 9.68. The fraction of sp³-hybridized carbons (Fsp3) is 0.348. The Kier molecular flexibility index (Phi) is 7.92. The minimum atomic E-state index is -0.790. The number of amides is 1. The maximum absolute atomic E-state index is 12.5. The van der Waals surface area contributed by atoms with Crippen molar-refractivity contribution in [1.29, 1.82) is 0 Å². The molecule has 1 amide bonds. The van der Waals surface area contributed by atoms with Crippen molar-refractivity contribution >= 4 is 68.2 Å². The zero-order valence-corrected chi connectivity index (χ0v) is 21.3. The van der Waals surface area contributed by atoms with Gasteiger partial charge in [0.15, 0.2) is 11.8 Å². The van der Waals surface area contributed by atoms with Crippen molar-refractivity contribution in [1.82, 2.24) is 4.98 Å². The smallest absolute Gasteiger partial charge is 0.331 e. The highest BCUT2D eigenvalue weighted by atomic mass is 79.9. The van der Waals surface area contributed by atoms with E-state index in [0.29, 0.717) is 11.4 Å². The summed E-state index contributed by atoms with van der Waals surface area (Å²) >= 11 is 15.4. The number of aliphatic imine (C=N–C) groups is 1. The fourth-order valence-electron chi connectivity index (χ4n) is 3.39. The molecule has 1 saturated carbocycles. The zero-order valence-electron chi connectivity index (χ0n) is 18.2. The first kappa shape index (κ1) is 25.3. The summed E-state index contributed by atoms with van der Waals surface area (Å²) in [6.07, 6.45) is 2.97. The Bertz CT molecular complexity index is 1100. The molecule has 0 saturated heterocycles. The van der Waals surface area contributed by atoms with E-state index in [1.807, 2.05) is 0 Å². The third-order valence-electron chi connectivity index (χ3n) is 5.30. The van der Waals surface area contributed by atoms with Crippen LogP contribution in [-0.2, 0) is 20.7 Å². The number of ketones is 1. The van der Waals surface area contributed by atoms with Crippen LogP contribution in [0.4, 0.5) is 5.69 Å². The van der Waals surface area contributed by atoms with Crippen LogP contribution < -0.4 is 5.32 Å². The van der Waals surface area contributed by atoms with E-state index in [2.05, 4.69) is 31.2 Å². The SMILES string of the molecule is CCOC(=O)[C@H](Cc1ccc(NC(=O)c2c(Cl)cncc2Cl)cc1)N=C1C(Br)C(=O)C1(C)C. The van der Waals surface area contributed by atoms with Crippen LogP contribution in [0.3, 0.4) is 0 Å². The van der Waals surface area contributed by atoms with Crippen LogP contribution in [0.1, 0.15) is 36.7 Å². The topological polar surface area (TPSA) is 97.7 Å². The molecule has 0 radical (unpaired) electrons. The Morgan fingerprint density at radius 2 is 1.82 bits per heavy atom. The summed E-state index contributed by atoms with van der Waals surface area (Å²) in [7, 11) is 0. The molecule has 174 valence electrons. The number of aromatic nitrogens is 1. The Morgan fingerprint density at radius 1 is 1.21 bits per heavy atom. The summed E-state index contributed by atoms with van der Waals surface area (Å²) in [5.41, 5.74) is 1.38. The Labute approximate surface area is 210 Å². The van der Waals surface area contributed by atoms with Crippen molar-refractivity contribution in [3.05, 3.63) is 57.8 Å². The number of benzene rings is 1. The molecule has 1 aromatic heterocycles. The van der Waals surface area contributed by atoms with Crippen molar-refractivity contribution in [2.45, 2.75) is 38.1 Å². The number of halogens is 3. The van der Waals surface area contributed by atoms with E-state index in [1.54, 1.807) is 45.0 Å². The van der Waals surface area contributed by atoms with E-state index in [9.17, 15) is 14.4 Å². The molecular formula is C23H22BrCl2N3O4. The molecule has 33 heavy (non-hydrogen) atoms. The first-order valence-corrected chi connectivity index (χ1v) is 11.9. The average molecular weight is 555 g/mol. The highest BCUT2D eigenvalue weighted by Gasteiger charge is 2.52. The van der Waals surface area contributed by atoms with Crippen LogP contribution in [0.2, 0.25) is 10.0 Å². The van der Waals surface area contributed by atoms with Crippen LogP contribution in [0.25, 0.3) is 0 Å². The quantitative estimate of drug-likeness (QED) is 0.386. The number of rotatable bonds is 7. The van der Waals surface area contributed by atoms with Crippen molar-refractivity contribution < 1.29 is 19.1 Å². The van der Waals surface area contributed by atoms with Gasteiger partial charge < -0.3 is 10.1 Å². The van der Waals surface area contributed by atoms with Crippen LogP contribution >= 0.6 is 39.1 Å². The van der Waals surface area contributed by atoms with Gasteiger partial charge in [0.2, 0.25) is 0 Å². The Morgan fingerprint density at radius 3 is 2.36 bits per heavy atom. The third-order valence-corrected chi connectivity index (χ3v) is 6.72. The van der Waals surface area contributed by atoms with Crippen LogP contribution in [0.5, 0.6) is 0 Å². The minimum absolute atomic E-state index is 0.0263. The molecule has 0 spiro atoms. The second-order valence-corrected chi connectivity index (χ2v) is 9.70. The lowest BCUT2D eigenvalue weighted by Gasteiger charge is -2.40. The van der Waals surface area contributed by atoms with E-state index >= 15 is 0 Å². The van der Waals surface area contributed by atoms with Gasteiger partial charge in [0.1, 0.15) is 4.83 Å². The number of pyridine rings is 1. The van der Waals surface area contributed by atoms with Crippen molar-refractivity contribution in [3.8, 4) is 0 Å². The Balaban J connectivity index is 1.76. The number of carbonyl (C=O) groups excluding carboxylic acids is 3. The van der Waals surface area contributed by atoms with Gasteiger partial charge in [-0.05, 0) is 38.5 Å². The van der Waals surface area contributed by atoms with Crippen molar-refractivity contribution in [2.75, 3.05) is 11.9 Å². The number of nitrogens with one attached hydrogen (secondary N) is 1. The predicted molar refractivity (Wildman–Crippen MR) is 132 cm³/mol. The summed E-state index contributed by atoms with van der Waals surface area (Å²) in [5.74, 6) is -0.895. The molecule has 1 unspecified atom stereocenters. The first-order valence-electron chi connectivity index (χ1n) is 10.2. The summed E-state index contributed by atoms with van der Waals surface area (Å²) in [6.45, 7) is 5.52. The molecule has 1 aliphatic carbocycles. The number of ether oxygens (including phenoxy) is 1. The molecule has 7 nitrogen and oxygen atoms in total. The second kappa shape index (κ2) is 10.3. The van der Waals surface area contributed by atoms with E-state index in [0.717, 1.165) is 5.56 Å². The number of alkyl halides is 1. The number of carbonyl (C=O) groups is 3. The summed E-state index contributed by atoms with van der Waals surface area (Å²) in [4.78, 5) is 45.1. The van der Waals surface area contributed by atoms with E-state index in [1.165, 1.54) is 12.4 Å².